The number of nitrogens with zero attached hydrogens (tertiary/aromatic N) is 2. The van der Waals surface area contributed by atoms with Crippen molar-refractivity contribution >= 4 is 11.8 Å². The van der Waals surface area contributed by atoms with E-state index >= 15 is 0 Å². The molecule has 5 heteroatoms. The molecule has 0 radical (unpaired) electrons. The first kappa shape index (κ1) is 15.4. The van der Waals surface area contributed by atoms with Crippen LogP contribution in [-0.2, 0) is 4.79 Å². The summed E-state index contributed by atoms with van der Waals surface area (Å²) in [5.41, 5.74) is 1.49. The largest absolute Gasteiger partial charge is 0.496 e. The fourth-order valence-electron chi connectivity index (χ4n) is 2.82. The van der Waals surface area contributed by atoms with Crippen molar-refractivity contribution in [2.24, 2.45) is 5.92 Å². The molecule has 21 heavy (non-hydrogen) atoms. The van der Waals surface area contributed by atoms with Gasteiger partial charge >= 0.3 is 0 Å². The van der Waals surface area contributed by atoms with Gasteiger partial charge < -0.3 is 14.5 Å². The number of amides is 2. The van der Waals surface area contributed by atoms with Gasteiger partial charge in [-0.1, -0.05) is 12.1 Å². The van der Waals surface area contributed by atoms with Gasteiger partial charge in [-0.2, -0.15) is 0 Å². The Hall–Kier alpha value is -2.04. The van der Waals surface area contributed by atoms with Crippen LogP contribution in [-0.4, -0.2) is 55.9 Å². The summed E-state index contributed by atoms with van der Waals surface area (Å²) in [6.07, 6.45) is 0.513. The van der Waals surface area contributed by atoms with Gasteiger partial charge in [0.05, 0.1) is 12.7 Å². The highest BCUT2D eigenvalue weighted by atomic mass is 16.5. The molecule has 0 spiro atoms. The number of carbonyl (C=O) groups is 2. The number of rotatable bonds is 4. The van der Waals surface area contributed by atoms with E-state index in [0.29, 0.717) is 30.8 Å². The van der Waals surface area contributed by atoms with Gasteiger partial charge in [0.15, 0.2) is 0 Å². The summed E-state index contributed by atoms with van der Waals surface area (Å²) in [6, 6.07) is 5.56. The Kier molecular flexibility index (Phi) is 4.50. The van der Waals surface area contributed by atoms with Crippen molar-refractivity contribution in [1.29, 1.82) is 0 Å². The molecule has 0 aliphatic carbocycles. The molecular weight excluding hydrogens is 268 g/mol. The molecule has 1 fully saturated rings. The summed E-state index contributed by atoms with van der Waals surface area (Å²) in [4.78, 5) is 27.6. The second-order valence-electron chi connectivity index (χ2n) is 5.68. The molecule has 0 saturated carbocycles. The van der Waals surface area contributed by atoms with Crippen molar-refractivity contribution in [2.75, 3.05) is 34.3 Å². The summed E-state index contributed by atoms with van der Waals surface area (Å²) in [7, 11) is 5.14. The highest BCUT2D eigenvalue weighted by Crippen LogP contribution is 2.24. The molecule has 0 N–H and O–H groups in total. The summed E-state index contributed by atoms with van der Waals surface area (Å²) in [5.74, 6) is 0.874. The standard InChI is InChI=1S/C16H22N2O3/c1-11-6-5-7-13(21-4)15(11)16(20)18(3)10-12-8-14(19)17(2)9-12/h5-7,12H,8-10H2,1-4H3/t12-/m0/s1. The fraction of sp³-hybridized carbons (Fsp3) is 0.500. The highest BCUT2D eigenvalue weighted by molar-refractivity contribution is 5.98. The zero-order valence-electron chi connectivity index (χ0n) is 13.0. The number of carbonyl (C=O) groups excluding carboxylic acids is 2. The fourth-order valence-corrected chi connectivity index (χ4v) is 2.82. The molecule has 1 heterocycles. The van der Waals surface area contributed by atoms with Crippen molar-refractivity contribution in [2.45, 2.75) is 13.3 Å². The van der Waals surface area contributed by atoms with Gasteiger partial charge in [0.2, 0.25) is 5.91 Å². The van der Waals surface area contributed by atoms with E-state index in [-0.39, 0.29) is 17.7 Å². The van der Waals surface area contributed by atoms with Gasteiger partial charge in [-0.3, -0.25) is 9.59 Å². The lowest BCUT2D eigenvalue weighted by Crippen LogP contribution is -2.33. The molecule has 114 valence electrons. The number of hydrogen-bond acceptors (Lipinski definition) is 3. The minimum atomic E-state index is -0.0630. The average Bonchev–Trinajstić information content (AvgIpc) is 2.76. The van der Waals surface area contributed by atoms with Crippen LogP contribution in [0.15, 0.2) is 18.2 Å². The predicted molar refractivity (Wildman–Crippen MR) is 80.4 cm³/mol. The second kappa shape index (κ2) is 6.16. The molecule has 1 aliphatic heterocycles. The first-order valence-electron chi connectivity index (χ1n) is 7.07. The molecule has 1 aromatic carbocycles. The molecular formula is C16H22N2O3. The van der Waals surface area contributed by atoms with E-state index in [4.69, 9.17) is 4.74 Å². The topological polar surface area (TPSA) is 49.9 Å². The van der Waals surface area contributed by atoms with Gasteiger partial charge in [-0.25, -0.2) is 0 Å². The molecule has 1 aliphatic rings. The zero-order chi connectivity index (χ0) is 15.6. The zero-order valence-corrected chi connectivity index (χ0v) is 13.0. The lowest BCUT2D eigenvalue weighted by molar-refractivity contribution is -0.126. The van der Waals surface area contributed by atoms with Crippen LogP contribution in [0, 0.1) is 12.8 Å². The van der Waals surface area contributed by atoms with Crippen LogP contribution in [0.5, 0.6) is 5.75 Å². The number of likely N-dealkylation sites (tertiary alicyclic amines) is 1. The van der Waals surface area contributed by atoms with E-state index in [1.807, 2.05) is 19.1 Å². The van der Waals surface area contributed by atoms with Crippen LogP contribution in [0.4, 0.5) is 0 Å². The maximum atomic E-state index is 12.6. The Morgan fingerprint density at radius 1 is 1.48 bits per heavy atom. The first-order chi connectivity index (χ1) is 9.93. The summed E-state index contributed by atoms with van der Waals surface area (Å²) >= 11 is 0. The third kappa shape index (κ3) is 3.17. The number of aryl methyl sites for hydroxylation is 1. The Bertz CT molecular complexity index is 556. The molecule has 1 saturated heterocycles. The highest BCUT2D eigenvalue weighted by Gasteiger charge is 2.29. The quantitative estimate of drug-likeness (QED) is 0.845. The summed E-state index contributed by atoms with van der Waals surface area (Å²) in [6.45, 7) is 3.18. The molecule has 0 aromatic heterocycles. The van der Waals surface area contributed by atoms with Gasteiger partial charge in [0.1, 0.15) is 5.75 Å². The Morgan fingerprint density at radius 2 is 2.19 bits per heavy atom. The third-order valence-electron chi connectivity index (χ3n) is 3.97. The van der Waals surface area contributed by atoms with Crippen molar-refractivity contribution in [3.8, 4) is 5.75 Å². The summed E-state index contributed by atoms with van der Waals surface area (Å²) < 4.78 is 5.29. The molecule has 1 atom stereocenters. The molecule has 1 aromatic rings. The SMILES string of the molecule is COc1cccc(C)c1C(=O)N(C)C[C@H]1CC(=O)N(C)C1. The minimum Gasteiger partial charge on any atom is -0.496 e. The van der Waals surface area contributed by atoms with E-state index in [0.717, 1.165) is 5.56 Å². The van der Waals surface area contributed by atoms with Crippen LogP contribution < -0.4 is 4.74 Å². The lowest BCUT2D eigenvalue weighted by Gasteiger charge is -2.22. The Balaban J connectivity index is 2.11. The normalized spacial score (nSPS) is 18.0. The van der Waals surface area contributed by atoms with Crippen molar-refractivity contribution < 1.29 is 14.3 Å². The van der Waals surface area contributed by atoms with E-state index in [2.05, 4.69) is 0 Å². The first-order valence-corrected chi connectivity index (χ1v) is 7.07. The number of hydrogen-bond donors (Lipinski definition) is 0. The maximum Gasteiger partial charge on any atom is 0.257 e. The van der Waals surface area contributed by atoms with Crippen molar-refractivity contribution in [3.63, 3.8) is 0 Å². The maximum absolute atomic E-state index is 12.6. The van der Waals surface area contributed by atoms with Crippen LogP contribution in [0.1, 0.15) is 22.3 Å². The van der Waals surface area contributed by atoms with Gasteiger partial charge in [-0.15, -0.1) is 0 Å². The Labute approximate surface area is 125 Å². The van der Waals surface area contributed by atoms with Crippen molar-refractivity contribution in [1.82, 2.24) is 9.80 Å². The summed E-state index contributed by atoms with van der Waals surface area (Å²) in [5, 5.41) is 0. The predicted octanol–water partition coefficient (Wildman–Crippen LogP) is 1.55. The average molecular weight is 290 g/mol. The molecule has 5 nitrogen and oxygen atoms in total. The number of ether oxygens (including phenoxy) is 1. The number of methoxy groups -OCH3 is 1. The van der Waals surface area contributed by atoms with E-state index in [9.17, 15) is 9.59 Å². The van der Waals surface area contributed by atoms with E-state index in [1.54, 1.807) is 37.1 Å². The monoisotopic (exact) mass is 290 g/mol. The van der Waals surface area contributed by atoms with Crippen LogP contribution >= 0.6 is 0 Å². The smallest absolute Gasteiger partial charge is 0.257 e. The van der Waals surface area contributed by atoms with Gasteiger partial charge in [0.25, 0.3) is 5.91 Å². The molecule has 0 unspecified atom stereocenters. The van der Waals surface area contributed by atoms with Gasteiger partial charge in [-0.05, 0) is 18.6 Å². The van der Waals surface area contributed by atoms with Crippen LogP contribution in [0.2, 0.25) is 0 Å². The van der Waals surface area contributed by atoms with Crippen LogP contribution in [0.3, 0.4) is 0 Å². The van der Waals surface area contributed by atoms with Gasteiger partial charge in [0, 0.05) is 39.5 Å². The Morgan fingerprint density at radius 3 is 2.76 bits per heavy atom. The van der Waals surface area contributed by atoms with E-state index < -0.39 is 0 Å². The minimum absolute atomic E-state index is 0.0630. The molecule has 2 amide bonds. The van der Waals surface area contributed by atoms with E-state index in [1.165, 1.54) is 0 Å². The molecule has 2 rings (SSSR count). The van der Waals surface area contributed by atoms with Crippen molar-refractivity contribution in [3.05, 3.63) is 29.3 Å². The molecule has 0 bridgehead atoms. The second-order valence-corrected chi connectivity index (χ2v) is 5.68. The lowest BCUT2D eigenvalue weighted by atomic mass is 10.0. The van der Waals surface area contributed by atoms with Crippen LogP contribution in [0.25, 0.3) is 0 Å². The third-order valence-corrected chi connectivity index (χ3v) is 3.97. The number of benzene rings is 1.